The van der Waals surface area contributed by atoms with Crippen LogP contribution < -0.4 is 5.32 Å². The van der Waals surface area contributed by atoms with Crippen LogP contribution in [0, 0.1) is 5.92 Å². The second-order valence-electron chi connectivity index (χ2n) is 5.52. The van der Waals surface area contributed by atoms with Gasteiger partial charge in [-0.25, -0.2) is 13.2 Å². The molecule has 1 aromatic carbocycles. The zero-order chi connectivity index (χ0) is 16.2. The van der Waals surface area contributed by atoms with Gasteiger partial charge in [0.1, 0.15) is 15.9 Å². The second kappa shape index (κ2) is 6.91. The fraction of sp³-hybridized carbons (Fsp3) is 0.467. The normalized spacial score (nSPS) is 19.3. The van der Waals surface area contributed by atoms with Gasteiger partial charge in [0.05, 0.1) is 11.5 Å². The molecule has 1 fully saturated rings. The van der Waals surface area contributed by atoms with Crippen LogP contribution in [-0.4, -0.2) is 42.9 Å². The zero-order valence-electron chi connectivity index (χ0n) is 12.1. The molecule has 0 radical (unpaired) electrons. The lowest BCUT2D eigenvalue weighted by Crippen LogP contribution is -2.46. The molecule has 1 aliphatic rings. The Morgan fingerprint density at radius 1 is 1.18 bits per heavy atom. The first-order valence-electron chi connectivity index (χ1n) is 7.15. The van der Waals surface area contributed by atoms with Gasteiger partial charge in [-0.15, -0.1) is 0 Å². The number of carbonyl (C=O) groups is 2. The summed E-state index contributed by atoms with van der Waals surface area (Å²) in [7, 11) is -3.04. The number of carboxylic acids is 1. The third-order valence-corrected chi connectivity index (χ3v) is 5.54. The summed E-state index contributed by atoms with van der Waals surface area (Å²) < 4.78 is 22.7. The summed E-state index contributed by atoms with van der Waals surface area (Å²) in [5.74, 6) is -1.93. The van der Waals surface area contributed by atoms with Crippen LogP contribution in [0.1, 0.15) is 18.4 Å². The van der Waals surface area contributed by atoms with Crippen LogP contribution in [0.25, 0.3) is 0 Å². The molecule has 1 atom stereocenters. The van der Waals surface area contributed by atoms with Gasteiger partial charge in [-0.3, -0.25) is 4.79 Å². The van der Waals surface area contributed by atoms with E-state index in [1.807, 2.05) is 18.2 Å². The highest BCUT2D eigenvalue weighted by molar-refractivity contribution is 7.91. The lowest BCUT2D eigenvalue weighted by molar-refractivity contribution is -0.142. The molecule has 2 rings (SSSR count). The number of sulfone groups is 1. The van der Waals surface area contributed by atoms with Crippen molar-refractivity contribution in [1.82, 2.24) is 5.32 Å². The molecule has 6 nitrogen and oxygen atoms in total. The minimum absolute atomic E-state index is 0.0124. The highest BCUT2D eigenvalue weighted by atomic mass is 32.2. The SMILES string of the molecule is O=C(N[C@@H](Cc1ccccc1)C(=O)O)C1CCS(=O)(=O)CC1. The van der Waals surface area contributed by atoms with Crippen LogP contribution in [0.5, 0.6) is 0 Å². The van der Waals surface area contributed by atoms with Crippen LogP contribution >= 0.6 is 0 Å². The van der Waals surface area contributed by atoms with E-state index in [9.17, 15) is 23.1 Å². The summed E-state index contributed by atoms with van der Waals surface area (Å²) in [4.78, 5) is 23.5. The van der Waals surface area contributed by atoms with Gasteiger partial charge in [-0.2, -0.15) is 0 Å². The molecule has 0 aromatic heterocycles. The zero-order valence-corrected chi connectivity index (χ0v) is 12.9. The Morgan fingerprint density at radius 2 is 1.77 bits per heavy atom. The number of carboxylic acid groups (broad SMARTS) is 1. The molecule has 0 saturated carbocycles. The number of carbonyl (C=O) groups excluding carboxylic acids is 1. The Hall–Kier alpha value is -1.89. The van der Waals surface area contributed by atoms with Crippen LogP contribution in [0.15, 0.2) is 30.3 Å². The monoisotopic (exact) mass is 325 g/mol. The third-order valence-electron chi connectivity index (χ3n) is 3.82. The predicted molar refractivity (Wildman–Crippen MR) is 81.1 cm³/mol. The fourth-order valence-electron chi connectivity index (χ4n) is 2.49. The molecule has 1 amide bonds. The number of benzene rings is 1. The minimum atomic E-state index is -3.04. The smallest absolute Gasteiger partial charge is 0.326 e. The van der Waals surface area contributed by atoms with E-state index in [1.54, 1.807) is 12.1 Å². The maximum atomic E-state index is 12.1. The molecule has 0 bridgehead atoms. The molecule has 7 heteroatoms. The second-order valence-corrected chi connectivity index (χ2v) is 7.82. The minimum Gasteiger partial charge on any atom is -0.480 e. The predicted octanol–water partition coefficient (Wildman–Crippen LogP) is 0.623. The van der Waals surface area contributed by atoms with E-state index in [0.717, 1.165) is 5.56 Å². The van der Waals surface area contributed by atoms with E-state index in [2.05, 4.69) is 5.32 Å². The largest absolute Gasteiger partial charge is 0.480 e. The summed E-state index contributed by atoms with van der Waals surface area (Å²) in [5, 5.41) is 11.8. The Kier molecular flexibility index (Phi) is 5.18. The summed E-state index contributed by atoms with van der Waals surface area (Å²) >= 11 is 0. The van der Waals surface area contributed by atoms with Crippen molar-refractivity contribution in [2.24, 2.45) is 5.92 Å². The topological polar surface area (TPSA) is 101 Å². The van der Waals surface area contributed by atoms with E-state index in [0.29, 0.717) is 0 Å². The number of hydrogen-bond donors (Lipinski definition) is 2. The Bertz CT molecular complexity index is 627. The van der Waals surface area contributed by atoms with Crippen molar-refractivity contribution >= 4 is 21.7 Å². The lowest BCUT2D eigenvalue weighted by Gasteiger charge is -2.23. The average molecular weight is 325 g/mol. The molecule has 1 aliphatic heterocycles. The van der Waals surface area contributed by atoms with Crippen molar-refractivity contribution in [2.75, 3.05) is 11.5 Å². The van der Waals surface area contributed by atoms with Gasteiger partial charge >= 0.3 is 5.97 Å². The maximum absolute atomic E-state index is 12.1. The van der Waals surface area contributed by atoms with Gasteiger partial charge in [0.2, 0.25) is 5.91 Å². The van der Waals surface area contributed by atoms with Crippen LogP contribution in [0.3, 0.4) is 0 Å². The number of aliphatic carboxylic acids is 1. The maximum Gasteiger partial charge on any atom is 0.326 e. The Labute approximate surface area is 129 Å². The van der Waals surface area contributed by atoms with Crippen molar-refractivity contribution in [3.05, 3.63) is 35.9 Å². The molecular formula is C15H19NO5S. The van der Waals surface area contributed by atoms with E-state index in [4.69, 9.17) is 0 Å². The van der Waals surface area contributed by atoms with Crippen LogP contribution in [-0.2, 0) is 25.8 Å². The van der Waals surface area contributed by atoms with E-state index in [1.165, 1.54) is 0 Å². The van der Waals surface area contributed by atoms with Gasteiger partial charge in [0.25, 0.3) is 0 Å². The molecule has 2 N–H and O–H groups in total. The number of rotatable bonds is 5. The van der Waals surface area contributed by atoms with Gasteiger partial charge in [-0.05, 0) is 18.4 Å². The van der Waals surface area contributed by atoms with Gasteiger partial charge in [0, 0.05) is 12.3 Å². The van der Waals surface area contributed by atoms with Crippen LogP contribution in [0.4, 0.5) is 0 Å². The number of nitrogens with one attached hydrogen (secondary N) is 1. The van der Waals surface area contributed by atoms with Crippen LogP contribution in [0.2, 0.25) is 0 Å². The van der Waals surface area contributed by atoms with Crippen molar-refractivity contribution in [2.45, 2.75) is 25.3 Å². The summed E-state index contributed by atoms with van der Waals surface area (Å²) in [5.41, 5.74) is 0.821. The van der Waals surface area contributed by atoms with Crippen molar-refractivity contribution < 1.29 is 23.1 Å². The summed E-state index contributed by atoms with van der Waals surface area (Å²) in [6, 6.07) is 8.04. The van der Waals surface area contributed by atoms with Crippen molar-refractivity contribution in [1.29, 1.82) is 0 Å². The number of amides is 1. The Balaban J connectivity index is 1.96. The average Bonchev–Trinajstić information content (AvgIpc) is 2.47. The number of hydrogen-bond acceptors (Lipinski definition) is 4. The highest BCUT2D eigenvalue weighted by Crippen LogP contribution is 2.19. The quantitative estimate of drug-likeness (QED) is 0.827. The lowest BCUT2D eigenvalue weighted by atomic mass is 10.00. The summed E-state index contributed by atoms with van der Waals surface area (Å²) in [6.07, 6.45) is 0.713. The van der Waals surface area contributed by atoms with Gasteiger partial charge in [-0.1, -0.05) is 30.3 Å². The first-order valence-corrected chi connectivity index (χ1v) is 8.97. The van der Waals surface area contributed by atoms with E-state index < -0.39 is 27.8 Å². The highest BCUT2D eigenvalue weighted by Gasteiger charge is 2.30. The third kappa shape index (κ3) is 4.56. The van der Waals surface area contributed by atoms with E-state index >= 15 is 0 Å². The molecule has 120 valence electrons. The Morgan fingerprint density at radius 3 is 2.32 bits per heavy atom. The molecule has 22 heavy (non-hydrogen) atoms. The molecule has 0 aliphatic carbocycles. The first kappa shape index (κ1) is 16.5. The fourth-order valence-corrected chi connectivity index (χ4v) is 3.98. The molecule has 0 unspecified atom stereocenters. The van der Waals surface area contributed by atoms with E-state index in [-0.39, 0.29) is 36.7 Å². The summed E-state index contributed by atoms with van der Waals surface area (Å²) in [6.45, 7) is 0. The molecule has 1 heterocycles. The van der Waals surface area contributed by atoms with Gasteiger partial charge in [0.15, 0.2) is 0 Å². The molecular weight excluding hydrogens is 306 g/mol. The molecule has 0 spiro atoms. The first-order chi connectivity index (χ1) is 10.4. The van der Waals surface area contributed by atoms with Crippen molar-refractivity contribution in [3.8, 4) is 0 Å². The standard InChI is InChI=1S/C15H19NO5S/c17-14(12-6-8-22(20,21)9-7-12)16-13(15(18)19)10-11-4-2-1-3-5-11/h1-5,12-13H,6-10H2,(H,16,17)(H,18,19)/t13-/m0/s1. The molecule has 1 aromatic rings. The van der Waals surface area contributed by atoms with Crippen molar-refractivity contribution in [3.63, 3.8) is 0 Å². The van der Waals surface area contributed by atoms with Gasteiger partial charge < -0.3 is 10.4 Å². The molecule has 1 saturated heterocycles.